The van der Waals surface area contributed by atoms with Crippen molar-refractivity contribution in [2.75, 3.05) is 12.4 Å². The SMILES string of the molecule is CNc1snnc1Cn1c(C)c(Br)c(C)nc1=O. The summed E-state index contributed by atoms with van der Waals surface area (Å²) >= 11 is 4.70. The summed E-state index contributed by atoms with van der Waals surface area (Å²) in [6.07, 6.45) is 0. The van der Waals surface area contributed by atoms with E-state index in [0.717, 1.165) is 20.9 Å². The maximum absolute atomic E-state index is 11.9. The van der Waals surface area contributed by atoms with Gasteiger partial charge in [-0.2, -0.15) is 4.98 Å². The number of nitrogens with zero attached hydrogens (tertiary/aromatic N) is 4. The van der Waals surface area contributed by atoms with E-state index in [4.69, 9.17) is 0 Å². The smallest absolute Gasteiger partial charge is 0.348 e. The van der Waals surface area contributed by atoms with Crippen LogP contribution in [0.25, 0.3) is 0 Å². The van der Waals surface area contributed by atoms with Gasteiger partial charge in [0.1, 0.15) is 10.7 Å². The third kappa shape index (κ3) is 2.30. The number of hydrogen-bond acceptors (Lipinski definition) is 6. The van der Waals surface area contributed by atoms with Crippen molar-refractivity contribution in [3.05, 3.63) is 32.0 Å². The van der Waals surface area contributed by atoms with E-state index in [0.29, 0.717) is 12.2 Å². The Morgan fingerprint density at radius 1 is 1.44 bits per heavy atom. The van der Waals surface area contributed by atoms with Gasteiger partial charge in [-0.05, 0) is 29.8 Å². The van der Waals surface area contributed by atoms with Gasteiger partial charge in [0.15, 0.2) is 0 Å². The van der Waals surface area contributed by atoms with Crippen LogP contribution in [0.2, 0.25) is 0 Å². The summed E-state index contributed by atoms with van der Waals surface area (Å²) in [5, 5.41) is 7.89. The van der Waals surface area contributed by atoms with Crippen molar-refractivity contribution in [2.24, 2.45) is 0 Å². The molecule has 6 nitrogen and oxygen atoms in total. The summed E-state index contributed by atoms with van der Waals surface area (Å²) < 4.78 is 6.29. The monoisotopic (exact) mass is 329 g/mol. The maximum atomic E-state index is 11.9. The summed E-state index contributed by atoms with van der Waals surface area (Å²) in [4.78, 5) is 15.9. The molecular formula is C10H12BrN5OS. The van der Waals surface area contributed by atoms with Gasteiger partial charge in [0.2, 0.25) is 0 Å². The first-order valence-corrected chi connectivity index (χ1v) is 6.83. The van der Waals surface area contributed by atoms with Crippen molar-refractivity contribution in [2.45, 2.75) is 20.4 Å². The Morgan fingerprint density at radius 2 is 2.17 bits per heavy atom. The first-order valence-electron chi connectivity index (χ1n) is 5.27. The first-order chi connectivity index (χ1) is 8.54. The van der Waals surface area contributed by atoms with Crippen LogP contribution in [0.15, 0.2) is 9.27 Å². The van der Waals surface area contributed by atoms with Crippen LogP contribution >= 0.6 is 27.5 Å². The van der Waals surface area contributed by atoms with Gasteiger partial charge in [-0.3, -0.25) is 4.57 Å². The fourth-order valence-corrected chi connectivity index (χ4v) is 2.44. The Kier molecular flexibility index (Phi) is 3.76. The molecule has 2 aromatic heterocycles. The summed E-state index contributed by atoms with van der Waals surface area (Å²) in [6, 6.07) is 0. The van der Waals surface area contributed by atoms with Crippen LogP contribution in [0.5, 0.6) is 0 Å². The maximum Gasteiger partial charge on any atom is 0.348 e. The highest BCUT2D eigenvalue weighted by Gasteiger charge is 2.13. The Labute approximate surface area is 116 Å². The van der Waals surface area contributed by atoms with Crippen molar-refractivity contribution in [3.8, 4) is 0 Å². The first kappa shape index (κ1) is 13.2. The molecule has 0 aliphatic heterocycles. The molecule has 0 saturated heterocycles. The second-order valence-electron chi connectivity index (χ2n) is 3.76. The molecule has 0 fully saturated rings. The summed E-state index contributed by atoms with van der Waals surface area (Å²) in [5.74, 6) is 0. The molecule has 1 N–H and O–H groups in total. The number of halogens is 1. The molecule has 0 radical (unpaired) electrons. The standard InChI is InChI=1S/C10H12BrN5OS/c1-5-8(11)6(2)16(10(17)13-5)4-7-9(12-3)18-15-14-7/h12H,4H2,1-3H3. The van der Waals surface area contributed by atoms with Crippen molar-refractivity contribution < 1.29 is 0 Å². The molecule has 0 spiro atoms. The van der Waals surface area contributed by atoms with Gasteiger partial charge in [0.25, 0.3) is 0 Å². The quantitative estimate of drug-likeness (QED) is 0.925. The second kappa shape index (κ2) is 5.15. The molecular weight excluding hydrogens is 318 g/mol. The zero-order chi connectivity index (χ0) is 13.3. The minimum absolute atomic E-state index is 0.275. The normalized spacial score (nSPS) is 10.7. The summed E-state index contributed by atoms with van der Waals surface area (Å²) in [5.41, 5.74) is 2.00. The number of aromatic nitrogens is 4. The lowest BCUT2D eigenvalue weighted by atomic mass is 10.3. The molecule has 0 bridgehead atoms. The lowest BCUT2D eigenvalue weighted by molar-refractivity contribution is 0.674. The van der Waals surface area contributed by atoms with Crippen molar-refractivity contribution in [3.63, 3.8) is 0 Å². The summed E-state index contributed by atoms with van der Waals surface area (Å²) in [7, 11) is 1.80. The number of rotatable bonds is 3. The Balaban J connectivity index is 2.47. The van der Waals surface area contributed by atoms with Crippen LogP contribution in [-0.2, 0) is 6.54 Å². The third-order valence-corrected chi connectivity index (χ3v) is 4.56. The van der Waals surface area contributed by atoms with Gasteiger partial charge in [0, 0.05) is 24.3 Å². The Hall–Kier alpha value is -1.28. The highest BCUT2D eigenvalue weighted by Crippen LogP contribution is 2.20. The molecule has 96 valence electrons. The lowest BCUT2D eigenvalue weighted by Crippen LogP contribution is -2.27. The number of hydrogen-bond donors (Lipinski definition) is 1. The predicted octanol–water partition coefficient (Wildman–Crippen LogP) is 1.56. The van der Waals surface area contributed by atoms with Gasteiger partial charge in [-0.25, -0.2) is 4.79 Å². The molecule has 0 saturated carbocycles. The molecule has 0 aliphatic rings. The highest BCUT2D eigenvalue weighted by atomic mass is 79.9. The van der Waals surface area contributed by atoms with E-state index in [1.165, 1.54) is 11.5 Å². The van der Waals surface area contributed by atoms with Crippen LogP contribution < -0.4 is 11.0 Å². The van der Waals surface area contributed by atoms with E-state index in [-0.39, 0.29) is 5.69 Å². The topological polar surface area (TPSA) is 72.7 Å². The second-order valence-corrected chi connectivity index (χ2v) is 5.31. The highest BCUT2D eigenvalue weighted by molar-refractivity contribution is 9.10. The van der Waals surface area contributed by atoms with Crippen molar-refractivity contribution >= 4 is 32.5 Å². The van der Waals surface area contributed by atoms with Gasteiger partial charge < -0.3 is 5.32 Å². The molecule has 2 aromatic rings. The average molecular weight is 330 g/mol. The predicted molar refractivity (Wildman–Crippen MR) is 74.2 cm³/mol. The lowest BCUT2D eigenvalue weighted by Gasteiger charge is -2.11. The molecule has 0 aromatic carbocycles. The van der Waals surface area contributed by atoms with Crippen LogP contribution in [-0.4, -0.2) is 26.2 Å². The van der Waals surface area contributed by atoms with Gasteiger partial charge in [0.05, 0.1) is 16.7 Å². The van der Waals surface area contributed by atoms with Crippen LogP contribution in [0.4, 0.5) is 5.00 Å². The summed E-state index contributed by atoms with van der Waals surface area (Å²) in [6.45, 7) is 4.04. The van der Waals surface area contributed by atoms with E-state index in [9.17, 15) is 4.79 Å². The minimum Gasteiger partial charge on any atom is -0.377 e. The fourth-order valence-electron chi connectivity index (χ4n) is 1.61. The zero-order valence-electron chi connectivity index (χ0n) is 10.2. The van der Waals surface area contributed by atoms with E-state index >= 15 is 0 Å². The molecule has 18 heavy (non-hydrogen) atoms. The average Bonchev–Trinajstić information content (AvgIpc) is 2.79. The molecule has 0 aliphatic carbocycles. The molecule has 2 rings (SSSR count). The van der Waals surface area contributed by atoms with E-state index in [1.807, 2.05) is 6.92 Å². The van der Waals surface area contributed by atoms with E-state index in [1.54, 1.807) is 18.5 Å². The zero-order valence-corrected chi connectivity index (χ0v) is 12.6. The van der Waals surface area contributed by atoms with Gasteiger partial charge in [-0.1, -0.05) is 4.49 Å². The third-order valence-electron chi connectivity index (χ3n) is 2.63. The molecule has 0 amide bonds. The molecule has 2 heterocycles. The van der Waals surface area contributed by atoms with Gasteiger partial charge in [-0.15, -0.1) is 5.10 Å². The number of nitrogens with one attached hydrogen (secondary N) is 1. The van der Waals surface area contributed by atoms with E-state index in [2.05, 4.69) is 35.8 Å². The van der Waals surface area contributed by atoms with Crippen LogP contribution in [0, 0.1) is 13.8 Å². The number of aryl methyl sites for hydroxylation is 1. The number of anilines is 1. The van der Waals surface area contributed by atoms with Crippen LogP contribution in [0.3, 0.4) is 0 Å². The van der Waals surface area contributed by atoms with E-state index < -0.39 is 0 Å². The van der Waals surface area contributed by atoms with Crippen molar-refractivity contribution in [1.29, 1.82) is 0 Å². The molecule has 0 atom stereocenters. The Bertz CT molecular complexity index is 636. The van der Waals surface area contributed by atoms with Crippen molar-refractivity contribution in [1.82, 2.24) is 19.1 Å². The minimum atomic E-state index is -0.275. The Morgan fingerprint density at radius 3 is 2.83 bits per heavy atom. The fraction of sp³-hybridized carbons (Fsp3) is 0.400. The molecule has 8 heteroatoms. The largest absolute Gasteiger partial charge is 0.377 e. The van der Waals surface area contributed by atoms with Crippen LogP contribution in [0.1, 0.15) is 17.1 Å². The van der Waals surface area contributed by atoms with Gasteiger partial charge >= 0.3 is 5.69 Å². The molecule has 0 unspecified atom stereocenters.